The second-order valence-electron chi connectivity index (χ2n) is 3.73. The Morgan fingerprint density at radius 2 is 1.47 bits per heavy atom. The summed E-state index contributed by atoms with van der Waals surface area (Å²) in [5.74, 6) is 0. The molecule has 3 nitrogen and oxygen atoms in total. The lowest BCUT2D eigenvalue weighted by Gasteiger charge is -2.14. The summed E-state index contributed by atoms with van der Waals surface area (Å²) in [6.07, 6.45) is 15.8. The molecule has 0 radical (unpaired) electrons. The molecule has 0 aliphatic rings. The third-order valence-electron chi connectivity index (χ3n) is 2.14. The summed E-state index contributed by atoms with van der Waals surface area (Å²) < 4.78 is 22.4. The molecule has 0 heterocycles. The smallest absolute Gasteiger partial charge is 0.309 e. The molecule has 0 aromatic heterocycles. The highest BCUT2D eigenvalue weighted by Crippen LogP contribution is 2.47. The van der Waals surface area contributed by atoms with Crippen molar-refractivity contribution in [3.05, 3.63) is 49.1 Å². The fraction of sp³-hybridized carbons (Fsp3) is 0.467. The quantitative estimate of drug-likeness (QED) is 0.308. The Labute approximate surface area is 117 Å². The third-order valence-corrected chi connectivity index (χ3v) is 4.10. The van der Waals surface area contributed by atoms with Crippen LogP contribution in [0.1, 0.15) is 26.7 Å². The second kappa shape index (κ2) is 12.2. The average Bonchev–Trinajstić information content (AvgIpc) is 2.37. The van der Waals surface area contributed by atoms with Crippen LogP contribution in [0.5, 0.6) is 0 Å². The molecule has 0 aromatic rings. The van der Waals surface area contributed by atoms with E-state index in [1.807, 2.05) is 38.2 Å². The summed E-state index contributed by atoms with van der Waals surface area (Å²) in [7, 11) is -2.93. The minimum Gasteiger partial charge on any atom is -0.309 e. The van der Waals surface area contributed by atoms with Crippen molar-refractivity contribution in [2.45, 2.75) is 26.7 Å². The molecule has 0 aliphatic heterocycles. The van der Waals surface area contributed by atoms with Crippen molar-refractivity contribution >= 4 is 7.60 Å². The fourth-order valence-electron chi connectivity index (χ4n) is 1.36. The molecule has 0 fully saturated rings. The van der Waals surface area contributed by atoms with Crippen molar-refractivity contribution < 1.29 is 13.6 Å². The number of hydrogen-bond donors (Lipinski definition) is 0. The van der Waals surface area contributed by atoms with Crippen LogP contribution >= 0.6 is 7.60 Å². The van der Waals surface area contributed by atoms with Gasteiger partial charge in [-0.05, 0) is 26.7 Å². The van der Waals surface area contributed by atoms with Gasteiger partial charge in [-0.1, -0.05) is 49.1 Å². The van der Waals surface area contributed by atoms with Gasteiger partial charge in [0.05, 0.1) is 19.4 Å². The van der Waals surface area contributed by atoms with E-state index in [4.69, 9.17) is 9.05 Å². The van der Waals surface area contributed by atoms with Crippen molar-refractivity contribution in [1.82, 2.24) is 0 Å². The van der Waals surface area contributed by atoms with E-state index in [1.165, 1.54) is 0 Å². The summed E-state index contributed by atoms with van der Waals surface area (Å²) in [5, 5.41) is 0. The maximum Gasteiger partial charge on any atom is 0.334 e. The summed E-state index contributed by atoms with van der Waals surface area (Å²) in [5.41, 5.74) is 0. The third kappa shape index (κ3) is 10.7. The zero-order chi connectivity index (χ0) is 14.4. The van der Waals surface area contributed by atoms with Crippen LogP contribution < -0.4 is 0 Å². The molecule has 0 atom stereocenters. The molecule has 108 valence electrons. The highest BCUT2D eigenvalue weighted by Gasteiger charge is 2.20. The van der Waals surface area contributed by atoms with Crippen molar-refractivity contribution in [2.24, 2.45) is 0 Å². The zero-order valence-electron chi connectivity index (χ0n) is 12.0. The molecule has 0 amide bonds. The van der Waals surface area contributed by atoms with Gasteiger partial charge in [-0.25, -0.2) is 0 Å². The molecule has 0 aliphatic carbocycles. The molecule has 19 heavy (non-hydrogen) atoms. The molecule has 4 heteroatoms. The van der Waals surface area contributed by atoms with Gasteiger partial charge >= 0.3 is 7.60 Å². The van der Waals surface area contributed by atoms with Gasteiger partial charge in [0.15, 0.2) is 0 Å². The molecule has 0 unspecified atom stereocenters. The van der Waals surface area contributed by atoms with E-state index < -0.39 is 7.60 Å². The van der Waals surface area contributed by atoms with Gasteiger partial charge in [0, 0.05) is 0 Å². The zero-order valence-corrected chi connectivity index (χ0v) is 12.9. The summed E-state index contributed by atoms with van der Waals surface area (Å²) in [6, 6.07) is 0. The number of allylic oxidation sites excluding steroid dienone is 7. The molecule has 0 rings (SSSR count). The Hall–Kier alpha value is -0.890. The van der Waals surface area contributed by atoms with E-state index in [9.17, 15) is 4.57 Å². The number of hydrogen-bond acceptors (Lipinski definition) is 3. The van der Waals surface area contributed by atoms with Crippen LogP contribution in [0.3, 0.4) is 0 Å². The largest absolute Gasteiger partial charge is 0.334 e. The van der Waals surface area contributed by atoms with E-state index in [0.29, 0.717) is 19.4 Å². The lowest BCUT2D eigenvalue weighted by molar-refractivity contribution is 0.222. The fourth-order valence-corrected chi connectivity index (χ4v) is 2.82. The van der Waals surface area contributed by atoms with Crippen LogP contribution in [0.25, 0.3) is 0 Å². The van der Waals surface area contributed by atoms with Gasteiger partial charge in [-0.3, -0.25) is 4.57 Å². The Morgan fingerprint density at radius 3 is 2.00 bits per heavy atom. The Morgan fingerprint density at radius 1 is 0.947 bits per heavy atom. The first kappa shape index (κ1) is 18.1. The normalized spacial score (nSPS) is 12.9. The summed E-state index contributed by atoms with van der Waals surface area (Å²) >= 11 is 0. The van der Waals surface area contributed by atoms with E-state index in [-0.39, 0.29) is 0 Å². The van der Waals surface area contributed by atoms with Crippen molar-refractivity contribution in [3.63, 3.8) is 0 Å². The average molecular weight is 284 g/mol. The summed E-state index contributed by atoms with van der Waals surface area (Å²) in [6.45, 7) is 8.03. The van der Waals surface area contributed by atoms with Crippen molar-refractivity contribution in [2.75, 3.05) is 19.4 Å². The topological polar surface area (TPSA) is 35.5 Å². The minimum absolute atomic E-state index is 0.315. The lowest BCUT2D eigenvalue weighted by Crippen LogP contribution is -1.98. The van der Waals surface area contributed by atoms with E-state index in [0.717, 1.165) is 12.8 Å². The van der Waals surface area contributed by atoms with Crippen LogP contribution in [-0.4, -0.2) is 19.4 Å². The second-order valence-corrected chi connectivity index (χ2v) is 5.83. The SMILES string of the molecule is C=C/C=C/CC/C=C/C=C/CP(=O)(OCC)OCC. The van der Waals surface area contributed by atoms with Gasteiger partial charge in [0.25, 0.3) is 0 Å². The molecule has 0 saturated carbocycles. The van der Waals surface area contributed by atoms with E-state index in [1.54, 1.807) is 6.08 Å². The van der Waals surface area contributed by atoms with E-state index in [2.05, 4.69) is 18.7 Å². The molecule has 0 saturated heterocycles. The predicted molar refractivity (Wildman–Crippen MR) is 82.6 cm³/mol. The van der Waals surface area contributed by atoms with Crippen LogP contribution in [0.4, 0.5) is 0 Å². The standard InChI is InChI=1S/C15H25O3P/c1-4-7-8-9-10-11-12-13-14-15-19(16,17-5-2)18-6-3/h4,7-8,11-14H,1,5-6,9-10,15H2,2-3H3/b8-7+,12-11+,14-13+. The first-order valence-electron chi connectivity index (χ1n) is 6.66. The minimum atomic E-state index is -2.93. The lowest BCUT2D eigenvalue weighted by atomic mass is 10.2. The predicted octanol–water partition coefficient (Wildman–Crippen LogP) is 4.89. The van der Waals surface area contributed by atoms with Crippen molar-refractivity contribution in [3.8, 4) is 0 Å². The Kier molecular flexibility index (Phi) is 11.6. The molecule has 0 bridgehead atoms. The van der Waals surface area contributed by atoms with Crippen LogP contribution in [0, 0.1) is 0 Å². The van der Waals surface area contributed by atoms with Crippen LogP contribution in [0.15, 0.2) is 49.1 Å². The first-order chi connectivity index (χ1) is 9.18. The number of unbranched alkanes of at least 4 members (excludes halogenated alkanes) is 1. The highest BCUT2D eigenvalue weighted by molar-refractivity contribution is 7.54. The van der Waals surface area contributed by atoms with Gasteiger partial charge in [-0.2, -0.15) is 0 Å². The monoisotopic (exact) mass is 284 g/mol. The van der Waals surface area contributed by atoms with Crippen LogP contribution in [0.2, 0.25) is 0 Å². The maximum atomic E-state index is 12.1. The maximum absolute atomic E-state index is 12.1. The molecule has 0 spiro atoms. The Bertz CT molecular complexity index is 346. The first-order valence-corrected chi connectivity index (χ1v) is 8.38. The molecular weight excluding hydrogens is 259 g/mol. The van der Waals surface area contributed by atoms with Gasteiger partial charge in [0.2, 0.25) is 0 Å². The van der Waals surface area contributed by atoms with Gasteiger partial charge in [0.1, 0.15) is 0 Å². The van der Waals surface area contributed by atoms with Gasteiger partial charge < -0.3 is 9.05 Å². The Balaban J connectivity index is 3.98. The van der Waals surface area contributed by atoms with E-state index >= 15 is 0 Å². The van der Waals surface area contributed by atoms with Crippen molar-refractivity contribution in [1.29, 1.82) is 0 Å². The number of rotatable bonds is 11. The van der Waals surface area contributed by atoms with Gasteiger partial charge in [-0.15, -0.1) is 0 Å². The highest BCUT2D eigenvalue weighted by atomic mass is 31.2. The van der Waals surface area contributed by atoms with Crippen LogP contribution in [-0.2, 0) is 13.6 Å². The molecule has 0 aromatic carbocycles. The molecule has 0 N–H and O–H groups in total. The summed E-state index contributed by atoms with van der Waals surface area (Å²) in [4.78, 5) is 0. The molecular formula is C15H25O3P.